The van der Waals surface area contributed by atoms with E-state index in [0.29, 0.717) is 19.6 Å². The Labute approximate surface area is 174 Å². The van der Waals surface area contributed by atoms with Crippen molar-refractivity contribution in [2.45, 2.75) is 51.4 Å². The summed E-state index contributed by atoms with van der Waals surface area (Å²) in [5.41, 5.74) is 1.40. The Balaban J connectivity index is 1.92. The second-order valence-electron chi connectivity index (χ2n) is 7.76. The fourth-order valence-electron chi connectivity index (χ4n) is 2.82. The van der Waals surface area contributed by atoms with Crippen molar-refractivity contribution in [3.05, 3.63) is 22.7 Å². The number of carbonyl (C=O) groups excluding carboxylic acids is 1. The number of benzene rings is 1. The van der Waals surface area contributed by atoms with E-state index in [-0.39, 0.29) is 18.0 Å². The van der Waals surface area contributed by atoms with Crippen molar-refractivity contribution in [3.63, 3.8) is 0 Å². The molecular formula is C19H29BrClN3O3. The number of likely N-dealkylation sites (tertiary alicyclic amines) is 1. The first-order valence-electron chi connectivity index (χ1n) is 9.20. The number of halogens is 2. The summed E-state index contributed by atoms with van der Waals surface area (Å²) >= 11 is 9.15. The molecule has 27 heavy (non-hydrogen) atoms. The monoisotopic (exact) mass is 461 g/mol. The molecule has 1 amide bonds. The van der Waals surface area contributed by atoms with Gasteiger partial charge in [-0.25, -0.2) is 4.79 Å². The zero-order chi connectivity index (χ0) is 20.0. The zero-order valence-electron chi connectivity index (χ0n) is 16.1. The fraction of sp³-hybridized carbons (Fsp3) is 0.632. The molecule has 1 aromatic rings. The summed E-state index contributed by atoms with van der Waals surface area (Å²) in [6.07, 6.45) is 0.843. The van der Waals surface area contributed by atoms with Gasteiger partial charge < -0.3 is 25.4 Å². The third-order valence-electron chi connectivity index (χ3n) is 4.19. The Morgan fingerprint density at radius 3 is 2.63 bits per heavy atom. The molecule has 1 heterocycles. The molecule has 1 saturated heterocycles. The minimum atomic E-state index is -0.601. The van der Waals surface area contributed by atoms with Crippen molar-refractivity contribution in [2.75, 3.05) is 36.1 Å². The number of anilines is 2. The first kappa shape index (κ1) is 22.1. The van der Waals surface area contributed by atoms with Crippen LogP contribution in [-0.2, 0) is 4.74 Å². The summed E-state index contributed by atoms with van der Waals surface area (Å²) in [5, 5.41) is 16.5. The normalized spacial score (nSPS) is 16.7. The van der Waals surface area contributed by atoms with Gasteiger partial charge in [-0.15, -0.1) is 11.6 Å². The van der Waals surface area contributed by atoms with E-state index >= 15 is 0 Å². The number of aliphatic hydroxyl groups is 1. The smallest absolute Gasteiger partial charge is 0.410 e. The Kier molecular flexibility index (Phi) is 8.06. The lowest BCUT2D eigenvalue weighted by molar-refractivity contribution is 0.0210. The van der Waals surface area contributed by atoms with Crippen LogP contribution >= 0.6 is 27.5 Å². The van der Waals surface area contributed by atoms with Crippen LogP contribution in [0.1, 0.15) is 33.6 Å². The molecule has 6 nitrogen and oxygen atoms in total. The second-order valence-corrected chi connectivity index (χ2v) is 8.99. The largest absolute Gasteiger partial charge is 0.444 e. The van der Waals surface area contributed by atoms with Crippen LogP contribution in [-0.4, -0.2) is 59.4 Å². The number of amides is 1. The molecule has 0 aromatic heterocycles. The van der Waals surface area contributed by atoms with Crippen molar-refractivity contribution in [1.82, 2.24) is 4.90 Å². The highest BCUT2D eigenvalue weighted by Crippen LogP contribution is 2.28. The number of carbonyl (C=O) groups is 1. The minimum Gasteiger partial charge on any atom is -0.444 e. The van der Waals surface area contributed by atoms with E-state index < -0.39 is 11.7 Å². The minimum absolute atomic E-state index is 0.187. The summed E-state index contributed by atoms with van der Waals surface area (Å²) < 4.78 is 6.40. The Bertz CT molecular complexity index is 631. The molecule has 8 heteroatoms. The van der Waals surface area contributed by atoms with Gasteiger partial charge in [0, 0.05) is 30.1 Å². The van der Waals surface area contributed by atoms with Crippen molar-refractivity contribution in [3.8, 4) is 0 Å². The van der Waals surface area contributed by atoms with Crippen LogP contribution in [0.2, 0.25) is 0 Å². The van der Waals surface area contributed by atoms with Gasteiger partial charge in [0.25, 0.3) is 0 Å². The molecule has 0 aliphatic carbocycles. The number of rotatable bonds is 6. The van der Waals surface area contributed by atoms with Gasteiger partial charge in [0.2, 0.25) is 0 Å². The number of ether oxygens (including phenoxy) is 1. The molecule has 1 aromatic carbocycles. The molecule has 3 N–H and O–H groups in total. The Morgan fingerprint density at radius 2 is 2.04 bits per heavy atom. The van der Waals surface area contributed by atoms with Crippen LogP contribution in [0.15, 0.2) is 22.7 Å². The maximum Gasteiger partial charge on any atom is 0.410 e. The quantitative estimate of drug-likeness (QED) is 0.551. The van der Waals surface area contributed by atoms with E-state index in [1.807, 2.05) is 39.0 Å². The van der Waals surface area contributed by atoms with Crippen LogP contribution in [0.3, 0.4) is 0 Å². The first-order valence-corrected chi connectivity index (χ1v) is 10.5. The Morgan fingerprint density at radius 1 is 1.37 bits per heavy atom. The highest BCUT2D eigenvalue weighted by atomic mass is 79.9. The van der Waals surface area contributed by atoms with Gasteiger partial charge >= 0.3 is 6.09 Å². The molecule has 1 atom stereocenters. The van der Waals surface area contributed by atoms with Gasteiger partial charge in [0.05, 0.1) is 23.4 Å². The van der Waals surface area contributed by atoms with Crippen LogP contribution in [0.25, 0.3) is 0 Å². The van der Waals surface area contributed by atoms with Crippen molar-refractivity contribution >= 4 is 45.0 Å². The molecule has 0 bridgehead atoms. The average molecular weight is 463 g/mol. The summed E-state index contributed by atoms with van der Waals surface area (Å²) in [4.78, 5) is 13.9. The highest BCUT2D eigenvalue weighted by Gasteiger charge is 2.27. The average Bonchev–Trinajstić information content (AvgIpc) is 2.60. The van der Waals surface area contributed by atoms with E-state index in [1.54, 1.807) is 4.90 Å². The highest BCUT2D eigenvalue weighted by molar-refractivity contribution is 9.10. The molecule has 0 radical (unpaired) electrons. The summed E-state index contributed by atoms with van der Waals surface area (Å²) in [7, 11) is 0. The molecule has 1 aliphatic rings. The van der Waals surface area contributed by atoms with Crippen molar-refractivity contribution in [2.24, 2.45) is 0 Å². The number of piperidine rings is 1. The van der Waals surface area contributed by atoms with Gasteiger partial charge in [-0.1, -0.05) is 15.9 Å². The fourth-order valence-corrected chi connectivity index (χ4v) is 3.29. The number of hydrogen-bond acceptors (Lipinski definition) is 5. The van der Waals surface area contributed by atoms with Gasteiger partial charge in [-0.3, -0.25) is 0 Å². The summed E-state index contributed by atoms with van der Waals surface area (Å²) in [6.45, 7) is 7.34. The third kappa shape index (κ3) is 7.39. The van der Waals surface area contributed by atoms with Crippen LogP contribution in [0, 0.1) is 0 Å². The second kappa shape index (κ2) is 9.85. The molecule has 2 rings (SSSR count). The standard InChI is InChI=1S/C19H29BrClN3O3/c1-19(2,3)27-18(26)24-8-6-14(7-9-24)23-16-5-4-13(20)10-17(16)22-12-15(25)11-21/h4-5,10,14-15,22-23,25H,6-9,11-12H2,1-3H3. The van der Waals surface area contributed by atoms with E-state index in [0.717, 1.165) is 28.7 Å². The molecule has 0 spiro atoms. The maximum absolute atomic E-state index is 12.2. The molecule has 0 saturated carbocycles. The lowest BCUT2D eigenvalue weighted by atomic mass is 10.0. The molecule has 1 aliphatic heterocycles. The van der Waals surface area contributed by atoms with E-state index in [2.05, 4.69) is 26.6 Å². The van der Waals surface area contributed by atoms with Crippen LogP contribution in [0.4, 0.5) is 16.2 Å². The van der Waals surface area contributed by atoms with Crippen molar-refractivity contribution in [1.29, 1.82) is 0 Å². The van der Waals surface area contributed by atoms with Gasteiger partial charge in [-0.05, 0) is 51.8 Å². The van der Waals surface area contributed by atoms with Gasteiger partial charge in [0.15, 0.2) is 0 Å². The van der Waals surface area contributed by atoms with Crippen LogP contribution in [0.5, 0.6) is 0 Å². The van der Waals surface area contributed by atoms with Crippen molar-refractivity contribution < 1.29 is 14.6 Å². The summed E-state index contributed by atoms with van der Waals surface area (Å²) in [5.74, 6) is 0.187. The van der Waals surface area contributed by atoms with Crippen LogP contribution < -0.4 is 10.6 Å². The number of aliphatic hydroxyl groups excluding tert-OH is 1. The lowest BCUT2D eigenvalue weighted by Crippen LogP contribution is -2.44. The number of alkyl halides is 1. The van der Waals surface area contributed by atoms with Gasteiger partial charge in [0.1, 0.15) is 5.60 Å². The predicted molar refractivity (Wildman–Crippen MR) is 114 cm³/mol. The van der Waals surface area contributed by atoms with E-state index in [1.165, 1.54) is 0 Å². The SMILES string of the molecule is CC(C)(C)OC(=O)N1CCC(Nc2ccc(Br)cc2NCC(O)CCl)CC1. The maximum atomic E-state index is 12.2. The van der Waals surface area contributed by atoms with E-state index in [4.69, 9.17) is 16.3 Å². The molecule has 1 fully saturated rings. The summed E-state index contributed by atoms with van der Waals surface area (Å²) in [6, 6.07) is 6.21. The lowest BCUT2D eigenvalue weighted by Gasteiger charge is -2.34. The van der Waals surface area contributed by atoms with Gasteiger partial charge in [-0.2, -0.15) is 0 Å². The Hall–Kier alpha value is -1.18. The molecule has 152 valence electrons. The predicted octanol–water partition coefficient (Wildman–Crippen LogP) is 4.27. The zero-order valence-corrected chi connectivity index (χ0v) is 18.4. The topological polar surface area (TPSA) is 73.8 Å². The first-order chi connectivity index (χ1) is 12.7. The molecular weight excluding hydrogens is 434 g/mol. The molecule has 1 unspecified atom stereocenters. The number of hydrogen-bond donors (Lipinski definition) is 3. The third-order valence-corrected chi connectivity index (χ3v) is 5.04. The number of nitrogens with zero attached hydrogens (tertiary/aromatic N) is 1. The van der Waals surface area contributed by atoms with E-state index in [9.17, 15) is 9.90 Å². The number of nitrogens with one attached hydrogen (secondary N) is 2.